The van der Waals surface area contributed by atoms with E-state index < -0.39 is 12.8 Å². The van der Waals surface area contributed by atoms with Crippen molar-refractivity contribution >= 4 is 29.9 Å². The Kier molecular flexibility index (Phi) is 11.4. The standard InChI is InChI=1S/C22H28F3N3O3.HI/c1-4-26-21(27-11-10-16-6-5-7-18(30-3)20(16)29)28-13-17-9-8-15(2)12-19(17)31-14-22(23,24)25;/h5-9,12,29H,4,10-11,13-14H2,1-3H3,(H2,26,27,28);1H. The number of hydrogen-bond acceptors (Lipinski definition) is 4. The lowest BCUT2D eigenvalue weighted by Gasteiger charge is -2.15. The quantitative estimate of drug-likeness (QED) is 0.235. The number of aliphatic imine (C=N–C) groups is 1. The molecular weight excluding hydrogens is 538 g/mol. The molecule has 2 rings (SSSR count). The third-order valence-electron chi connectivity index (χ3n) is 4.35. The number of aryl methyl sites for hydroxylation is 1. The number of halogens is 4. The van der Waals surface area contributed by atoms with Crippen LogP contribution in [0.15, 0.2) is 41.4 Å². The first-order valence-electron chi connectivity index (χ1n) is 9.89. The van der Waals surface area contributed by atoms with Crippen molar-refractivity contribution in [1.29, 1.82) is 0 Å². The van der Waals surface area contributed by atoms with Crippen molar-refractivity contribution in [2.24, 2.45) is 4.99 Å². The summed E-state index contributed by atoms with van der Waals surface area (Å²) in [5.74, 6) is 1.18. The average molecular weight is 567 g/mol. The summed E-state index contributed by atoms with van der Waals surface area (Å²) in [6, 6.07) is 10.4. The number of phenolic OH excluding ortho intramolecular Hbond substituents is 1. The number of para-hydroxylation sites is 1. The summed E-state index contributed by atoms with van der Waals surface area (Å²) in [7, 11) is 1.49. The first-order chi connectivity index (χ1) is 14.7. The van der Waals surface area contributed by atoms with Crippen LogP contribution in [0.2, 0.25) is 0 Å². The number of ether oxygens (including phenoxy) is 2. The van der Waals surface area contributed by atoms with Gasteiger partial charge in [0.2, 0.25) is 0 Å². The van der Waals surface area contributed by atoms with Crippen LogP contribution in [-0.2, 0) is 13.0 Å². The van der Waals surface area contributed by atoms with Crippen molar-refractivity contribution in [1.82, 2.24) is 10.6 Å². The van der Waals surface area contributed by atoms with E-state index in [2.05, 4.69) is 15.6 Å². The highest BCUT2D eigenvalue weighted by Crippen LogP contribution is 2.29. The second-order valence-electron chi connectivity index (χ2n) is 6.85. The highest BCUT2D eigenvalue weighted by Gasteiger charge is 2.28. The van der Waals surface area contributed by atoms with Gasteiger partial charge in [0.15, 0.2) is 24.1 Å². The molecule has 0 spiro atoms. The zero-order valence-electron chi connectivity index (χ0n) is 18.3. The Morgan fingerprint density at radius 2 is 1.84 bits per heavy atom. The van der Waals surface area contributed by atoms with Gasteiger partial charge in [0.05, 0.1) is 13.7 Å². The molecule has 0 saturated carbocycles. The van der Waals surface area contributed by atoms with Gasteiger partial charge in [-0.25, -0.2) is 4.99 Å². The third-order valence-corrected chi connectivity index (χ3v) is 4.35. The fourth-order valence-corrected chi connectivity index (χ4v) is 2.84. The van der Waals surface area contributed by atoms with Crippen molar-refractivity contribution in [3.05, 3.63) is 53.1 Å². The summed E-state index contributed by atoms with van der Waals surface area (Å²) < 4.78 is 47.7. The van der Waals surface area contributed by atoms with Crippen LogP contribution in [-0.4, -0.2) is 44.0 Å². The number of aromatic hydroxyl groups is 1. The highest BCUT2D eigenvalue weighted by atomic mass is 127. The van der Waals surface area contributed by atoms with Crippen LogP contribution < -0.4 is 20.1 Å². The van der Waals surface area contributed by atoms with Gasteiger partial charge in [0, 0.05) is 18.7 Å². The second kappa shape index (κ2) is 13.2. The molecule has 0 aromatic heterocycles. The van der Waals surface area contributed by atoms with E-state index in [1.54, 1.807) is 43.3 Å². The lowest BCUT2D eigenvalue weighted by Crippen LogP contribution is -2.38. The first-order valence-corrected chi connectivity index (χ1v) is 9.89. The van der Waals surface area contributed by atoms with E-state index in [0.29, 0.717) is 36.8 Å². The van der Waals surface area contributed by atoms with Crippen LogP contribution >= 0.6 is 24.0 Å². The molecule has 3 N–H and O–H groups in total. The summed E-state index contributed by atoms with van der Waals surface area (Å²) in [6.45, 7) is 3.59. The normalized spacial score (nSPS) is 11.5. The molecule has 0 bridgehead atoms. The smallest absolute Gasteiger partial charge is 0.422 e. The minimum atomic E-state index is -4.41. The number of methoxy groups -OCH3 is 1. The zero-order valence-corrected chi connectivity index (χ0v) is 20.6. The van der Waals surface area contributed by atoms with Crippen molar-refractivity contribution in [2.45, 2.75) is 33.0 Å². The molecule has 0 aliphatic carbocycles. The topological polar surface area (TPSA) is 75.1 Å². The molecule has 0 radical (unpaired) electrons. The van der Waals surface area contributed by atoms with Gasteiger partial charge in [-0.3, -0.25) is 0 Å². The maximum absolute atomic E-state index is 12.5. The second-order valence-corrected chi connectivity index (χ2v) is 6.85. The highest BCUT2D eigenvalue weighted by molar-refractivity contribution is 14.0. The van der Waals surface area contributed by atoms with Crippen LogP contribution in [0.25, 0.3) is 0 Å². The van der Waals surface area contributed by atoms with E-state index in [-0.39, 0.29) is 42.0 Å². The SMILES string of the molecule is CCNC(=NCc1ccc(C)cc1OCC(F)(F)F)NCCc1cccc(OC)c1O.I. The Morgan fingerprint density at radius 1 is 1.09 bits per heavy atom. The first kappa shape index (κ1) is 27.7. The van der Waals surface area contributed by atoms with E-state index >= 15 is 0 Å². The Labute approximate surface area is 203 Å². The number of nitrogens with one attached hydrogen (secondary N) is 2. The maximum Gasteiger partial charge on any atom is 0.422 e. The molecule has 0 amide bonds. The van der Waals surface area contributed by atoms with Gasteiger partial charge in [-0.05, 0) is 43.5 Å². The summed E-state index contributed by atoms with van der Waals surface area (Å²) in [5, 5.41) is 16.4. The van der Waals surface area contributed by atoms with Gasteiger partial charge in [-0.2, -0.15) is 13.2 Å². The van der Waals surface area contributed by atoms with Crippen molar-refractivity contribution in [3.8, 4) is 17.2 Å². The monoisotopic (exact) mass is 567 g/mol. The molecule has 0 atom stereocenters. The predicted octanol–water partition coefficient (Wildman–Crippen LogP) is 4.57. The van der Waals surface area contributed by atoms with E-state index in [0.717, 1.165) is 11.1 Å². The van der Waals surface area contributed by atoms with E-state index in [1.807, 2.05) is 6.92 Å². The number of alkyl halides is 3. The number of guanidine groups is 1. The molecule has 0 unspecified atom stereocenters. The summed E-state index contributed by atoms with van der Waals surface area (Å²) in [5.41, 5.74) is 2.08. The van der Waals surface area contributed by atoms with E-state index in [4.69, 9.17) is 9.47 Å². The molecule has 10 heteroatoms. The molecule has 32 heavy (non-hydrogen) atoms. The Bertz CT molecular complexity index is 892. The fourth-order valence-electron chi connectivity index (χ4n) is 2.84. The Morgan fingerprint density at radius 3 is 2.50 bits per heavy atom. The minimum Gasteiger partial charge on any atom is -0.504 e. The number of benzene rings is 2. The van der Waals surface area contributed by atoms with Crippen LogP contribution in [0.5, 0.6) is 17.2 Å². The van der Waals surface area contributed by atoms with Crippen LogP contribution in [0.1, 0.15) is 23.6 Å². The fraction of sp³-hybridized carbons (Fsp3) is 0.409. The third kappa shape index (κ3) is 9.01. The van der Waals surface area contributed by atoms with Crippen LogP contribution in [0, 0.1) is 6.92 Å². The number of rotatable bonds is 9. The maximum atomic E-state index is 12.5. The molecule has 0 fully saturated rings. The van der Waals surface area contributed by atoms with Gasteiger partial charge in [-0.15, -0.1) is 24.0 Å². The predicted molar refractivity (Wildman–Crippen MR) is 129 cm³/mol. The average Bonchev–Trinajstić information content (AvgIpc) is 2.72. The minimum absolute atomic E-state index is 0. The lowest BCUT2D eigenvalue weighted by molar-refractivity contribution is -0.153. The van der Waals surface area contributed by atoms with Crippen LogP contribution in [0.4, 0.5) is 13.2 Å². The largest absolute Gasteiger partial charge is 0.504 e. The molecule has 2 aromatic carbocycles. The number of phenols is 1. The number of hydrogen-bond donors (Lipinski definition) is 3. The van der Waals surface area contributed by atoms with Crippen molar-refractivity contribution < 1.29 is 27.8 Å². The van der Waals surface area contributed by atoms with Crippen molar-refractivity contribution in [2.75, 3.05) is 26.8 Å². The van der Waals surface area contributed by atoms with Crippen LogP contribution in [0.3, 0.4) is 0 Å². The van der Waals surface area contributed by atoms with Gasteiger partial charge in [0.25, 0.3) is 0 Å². The molecule has 0 heterocycles. The summed E-state index contributed by atoms with van der Waals surface area (Å²) in [4.78, 5) is 4.45. The molecule has 6 nitrogen and oxygen atoms in total. The van der Waals surface area contributed by atoms with E-state index in [1.165, 1.54) is 7.11 Å². The number of nitrogens with zero attached hydrogens (tertiary/aromatic N) is 1. The van der Waals surface area contributed by atoms with Crippen molar-refractivity contribution in [3.63, 3.8) is 0 Å². The lowest BCUT2D eigenvalue weighted by atomic mass is 10.1. The van der Waals surface area contributed by atoms with Gasteiger partial charge < -0.3 is 25.2 Å². The van der Waals surface area contributed by atoms with Gasteiger partial charge in [0.1, 0.15) is 5.75 Å². The molecule has 0 saturated heterocycles. The molecule has 2 aromatic rings. The molecule has 0 aliphatic heterocycles. The van der Waals surface area contributed by atoms with Gasteiger partial charge >= 0.3 is 6.18 Å². The van der Waals surface area contributed by atoms with E-state index in [9.17, 15) is 18.3 Å². The molecule has 0 aliphatic rings. The zero-order chi connectivity index (χ0) is 22.9. The Balaban J connectivity index is 0.00000512. The Hall–Kier alpha value is -2.37. The van der Waals surface area contributed by atoms with Gasteiger partial charge in [-0.1, -0.05) is 24.3 Å². The summed E-state index contributed by atoms with van der Waals surface area (Å²) >= 11 is 0. The summed E-state index contributed by atoms with van der Waals surface area (Å²) in [6.07, 6.45) is -3.88. The molecular formula is C22H29F3IN3O3. The molecule has 178 valence electrons.